The molecule has 8 N–H and O–H groups in total. The molecule has 43 heavy (non-hydrogen) atoms. The van der Waals surface area contributed by atoms with Gasteiger partial charge in [0, 0.05) is 64.8 Å². The molecular weight excluding hydrogens is 572 g/mol. The van der Waals surface area contributed by atoms with Crippen LogP contribution in [0.5, 0.6) is 0 Å². The molecule has 0 spiro atoms. The van der Waals surface area contributed by atoms with E-state index in [0.717, 1.165) is 14.7 Å². The van der Waals surface area contributed by atoms with Gasteiger partial charge in [-0.3, -0.25) is 24.0 Å². The molecule has 0 aromatic rings. The lowest BCUT2D eigenvalue weighted by Crippen LogP contribution is -2.55. The van der Waals surface area contributed by atoms with Crippen molar-refractivity contribution in [3.05, 3.63) is 0 Å². The van der Waals surface area contributed by atoms with E-state index in [1.165, 1.54) is 11.8 Å². The van der Waals surface area contributed by atoms with Crippen LogP contribution < -0.4 is 11.1 Å². The van der Waals surface area contributed by atoms with Crippen LogP contribution in [0, 0.1) is 0 Å². The lowest BCUT2D eigenvalue weighted by atomic mass is 10.1. The number of β-amino-alcohol motifs (C(OH)–C–C–N with tert-alkyl or cyclic N) is 4. The zero-order chi connectivity index (χ0) is 31.7. The fraction of sp³-hybridized carbons (Fsp3) is 0.769. The number of nitrogens with two attached hydrogens (primary N) is 1. The van der Waals surface area contributed by atoms with E-state index in [2.05, 4.69) is 5.32 Å². The minimum atomic E-state index is -1.29. The van der Waals surface area contributed by atoms with Crippen molar-refractivity contribution in [2.24, 2.45) is 5.73 Å². The van der Waals surface area contributed by atoms with Crippen molar-refractivity contribution >= 4 is 35.5 Å². The summed E-state index contributed by atoms with van der Waals surface area (Å²) in [5.74, 6) is -4.35. The number of nitrogens with zero attached hydrogens (tertiary/aromatic N) is 4. The molecule has 0 radical (unpaired) electrons. The fourth-order valence-electron chi connectivity index (χ4n) is 6.41. The monoisotopic (exact) mass is 612 g/mol. The normalized spacial score (nSPS) is 33.2. The molecule has 0 unspecified atom stereocenters. The Bertz CT molecular complexity index is 1140. The first-order chi connectivity index (χ1) is 20.2. The summed E-state index contributed by atoms with van der Waals surface area (Å²) in [7, 11) is 0. The fourth-order valence-corrected chi connectivity index (χ4v) is 6.41. The van der Waals surface area contributed by atoms with Gasteiger partial charge in [-0.25, -0.2) is 4.79 Å². The van der Waals surface area contributed by atoms with Crippen LogP contribution in [-0.2, 0) is 28.8 Å². The SMILES string of the molecule is C[C@H](N)C(=O)N1C[C@H](O)C[C@H]1C(=O)N1C[C@H](O)C[C@H]1C(=O)NCCC(=O)N1C[C@H](O)C[C@H]1C(=O)N1C[C@H](O)C[C@H]1C(=O)O. The van der Waals surface area contributed by atoms with Gasteiger partial charge < -0.3 is 56.2 Å². The molecule has 4 rings (SSSR count). The van der Waals surface area contributed by atoms with E-state index in [9.17, 15) is 54.3 Å². The topological polar surface area (TPSA) is 255 Å². The number of aliphatic carboxylic acids is 1. The van der Waals surface area contributed by atoms with Crippen molar-refractivity contribution in [2.45, 2.75) is 93.7 Å². The number of aliphatic hydroxyl groups is 4. The smallest absolute Gasteiger partial charge is 0.326 e. The number of carboxylic acids is 1. The first kappa shape index (κ1) is 32.5. The molecule has 17 nitrogen and oxygen atoms in total. The van der Waals surface area contributed by atoms with E-state index in [1.807, 2.05) is 0 Å². The second-order valence-electron chi connectivity index (χ2n) is 11.8. The third-order valence-corrected chi connectivity index (χ3v) is 8.47. The van der Waals surface area contributed by atoms with Crippen molar-refractivity contribution in [3.63, 3.8) is 0 Å². The summed E-state index contributed by atoms with van der Waals surface area (Å²) in [5, 5.41) is 52.4. The largest absolute Gasteiger partial charge is 0.480 e. The lowest BCUT2D eigenvalue weighted by molar-refractivity contribution is -0.151. The van der Waals surface area contributed by atoms with Crippen LogP contribution in [0.15, 0.2) is 0 Å². The zero-order valence-electron chi connectivity index (χ0n) is 23.8. The van der Waals surface area contributed by atoms with Crippen LogP contribution in [0.4, 0.5) is 0 Å². The highest BCUT2D eigenvalue weighted by Crippen LogP contribution is 2.28. The molecule has 4 aliphatic rings. The molecule has 240 valence electrons. The van der Waals surface area contributed by atoms with Gasteiger partial charge in [-0.1, -0.05) is 0 Å². The minimum Gasteiger partial charge on any atom is -0.480 e. The Morgan fingerprint density at radius 1 is 0.698 bits per heavy atom. The van der Waals surface area contributed by atoms with E-state index in [1.54, 1.807) is 0 Å². The number of carbonyl (C=O) groups is 6. The van der Waals surface area contributed by atoms with Crippen molar-refractivity contribution in [1.29, 1.82) is 0 Å². The molecule has 0 aromatic heterocycles. The van der Waals surface area contributed by atoms with Crippen LogP contribution in [0.25, 0.3) is 0 Å². The van der Waals surface area contributed by atoms with Gasteiger partial charge in [0.1, 0.15) is 24.2 Å². The summed E-state index contributed by atoms with van der Waals surface area (Å²) in [6, 6.07) is -5.44. The average Bonchev–Trinajstić information content (AvgIpc) is 3.72. The van der Waals surface area contributed by atoms with Gasteiger partial charge in [-0.2, -0.15) is 0 Å². The lowest BCUT2D eigenvalue weighted by Gasteiger charge is -2.31. The summed E-state index contributed by atoms with van der Waals surface area (Å²) in [6.45, 7) is 0.628. The highest BCUT2D eigenvalue weighted by molar-refractivity contribution is 5.94. The number of nitrogens with one attached hydrogen (secondary N) is 1. The van der Waals surface area contributed by atoms with Crippen LogP contribution in [-0.4, -0.2) is 168 Å². The number of likely N-dealkylation sites (tertiary alicyclic amines) is 4. The summed E-state index contributed by atoms with van der Waals surface area (Å²) < 4.78 is 0. The predicted octanol–water partition coefficient (Wildman–Crippen LogP) is -5.23. The molecule has 0 bridgehead atoms. The molecule has 0 aliphatic carbocycles. The van der Waals surface area contributed by atoms with E-state index >= 15 is 0 Å². The maximum atomic E-state index is 13.4. The standard InChI is InChI=1S/C26H40N6O11/c1-12(27)23(39)31-10-15(35)6-19(31)25(41)30-9-13(33)4-17(30)22(38)28-3-2-21(37)29-8-14(34)5-18(29)24(40)32-11-16(36)7-20(32)26(42)43/h12-20,33-36H,2-11,27H2,1H3,(H,28,38)(H,42,43)/t12-,13+,14+,15+,16+,17-,18-,19-,20-/m0/s1. The van der Waals surface area contributed by atoms with Gasteiger partial charge >= 0.3 is 5.97 Å². The third-order valence-electron chi connectivity index (χ3n) is 8.47. The van der Waals surface area contributed by atoms with Crippen LogP contribution in [0.2, 0.25) is 0 Å². The Hall–Kier alpha value is -3.38. The number of aliphatic hydroxyl groups excluding tert-OH is 4. The van der Waals surface area contributed by atoms with Gasteiger partial charge in [0.25, 0.3) is 0 Å². The van der Waals surface area contributed by atoms with E-state index in [0.29, 0.717) is 0 Å². The number of hydrogen-bond donors (Lipinski definition) is 7. The van der Waals surface area contributed by atoms with Crippen molar-refractivity contribution in [2.75, 3.05) is 32.7 Å². The summed E-state index contributed by atoms with van der Waals surface area (Å²) in [5.41, 5.74) is 5.69. The van der Waals surface area contributed by atoms with Gasteiger partial charge in [0.05, 0.1) is 30.5 Å². The highest BCUT2D eigenvalue weighted by atomic mass is 16.4. The Balaban J connectivity index is 1.35. The first-order valence-electron chi connectivity index (χ1n) is 14.4. The first-order valence-corrected chi connectivity index (χ1v) is 14.4. The molecule has 9 atom stereocenters. The predicted molar refractivity (Wildman–Crippen MR) is 143 cm³/mol. The second-order valence-corrected chi connectivity index (χ2v) is 11.8. The maximum Gasteiger partial charge on any atom is 0.326 e. The Labute approximate surface area is 247 Å². The number of carbonyl (C=O) groups excluding carboxylic acids is 5. The van der Waals surface area contributed by atoms with Gasteiger partial charge in [0.15, 0.2) is 0 Å². The molecule has 4 saturated heterocycles. The summed E-state index contributed by atoms with van der Waals surface area (Å²) in [4.78, 5) is 81.2. The Kier molecular flexibility index (Phi) is 9.90. The highest BCUT2D eigenvalue weighted by Gasteiger charge is 2.48. The van der Waals surface area contributed by atoms with Crippen LogP contribution in [0.3, 0.4) is 0 Å². The minimum absolute atomic E-state index is 0.0437. The second kappa shape index (κ2) is 13.1. The third kappa shape index (κ3) is 6.90. The van der Waals surface area contributed by atoms with E-state index < -0.39 is 90.1 Å². The quantitative estimate of drug-likeness (QED) is 0.136. The molecule has 4 aliphatic heterocycles. The molecule has 5 amide bonds. The van der Waals surface area contributed by atoms with Crippen LogP contribution >= 0.6 is 0 Å². The number of amides is 5. The van der Waals surface area contributed by atoms with E-state index in [-0.39, 0.29) is 64.8 Å². The summed E-state index contributed by atoms with van der Waals surface area (Å²) in [6.07, 6.45) is -4.66. The number of rotatable bonds is 8. The van der Waals surface area contributed by atoms with Crippen molar-refractivity contribution < 1.29 is 54.3 Å². The number of hydrogen-bond acceptors (Lipinski definition) is 11. The number of carboxylic acid groups (broad SMARTS) is 1. The molecule has 0 saturated carbocycles. The zero-order valence-corrected chi connectivity index (χ0v) is 23.8. The molecule has 4 heterocycles. The Morgan fingerprint density at radius 2 is 1.12 bits per heavy atom. The molecule has 17 heteroatoms. The average molecular weight is 613 g/mol. The molecule has 4 fully saturated rings. The summed E-state index contributed by atoms with van der Waals surface area (Å²) >= 11 is 0. The van der Waals surface area contributed by atoms with Crippen molar-refractivity contribution in [1.82, 2.24) is 24.9 Å². The van der Waals surface area contributed by atoms with Gasteiger partial charge in [0.2, 0.25) is 29.5 Å². The van der Waals surface area contributed by atoms with Gasteiger partial charge in [-0.15, -0.1) is 0 Å². The van der Waals surface area contributed by atoms with Gasteiger partial charge in [-0.05, 0) is 6.92 Å². The maximum absolute atomic E-state index is 13.4. The molecule has 0 aromatic carbocycles. The van der Waals surface area contributed by atoms with E-state index in [4.69, 9.17) is 5.73 Å². The van der Waals surface area contributed by atoms with Crippen LogP contribution in [0.1, 0.15) is 39.0 Å². The Morgan fingerprint density at radius 3 is 1.63 bits per heavy atom. The molecular formula is C26H40N6O11. The van der Waals surface area contributed by atoms with Crippen molar-refractivity contribution in [3.8, 4) is 0 Å².